The van der Waals surface area contributed by atoms with Gasteiger partial charge < -0.3 is 20.1 Å². The SMILES string of the molecule is O=c1ncccn1[C@]1(CO)OC[C@H](O)[C@@H]1O. The molecule has 0 aliphatic carbocycles. The van der Waals surface area contributed by atoms with Crippen molar-refractivity contribution >= 4 is 0 Å². The van der Waals surface area contributed by atoms with E-state index in [4.69, 9.17) is 4.74 Å². The Morgan fingerprint density at radius 2 is 2.38 bits per heavy atom. The summed E-state index contributed by atoms with van der Waals surface area (Å²) in [5.74, 6) is 0. The Morgan fingerprint density at radius 3 is 2.88 bits per heavy atom. The maximum Gasteiger partial charge on any atom is 0.350 e. The van der Waals surface area contributed by atoms with E-state index in [9.17, 15) is 20.1 Å². The lowest BCUT2D eigenvalue weighted by Crippen LogP contribution is -2.53. The minimum absolute atomic E-state index is 0.150. The summed E-state index contributed by atoms with van der Waals surface area (Å²) in [6.07, 6.45) is 0.118. The van der Waals surface area contributed by atoms with E-state index in [1.54, 1.807) is 0 Å². The molecule has 0 spiro atoms. The van der Waals surface area contributed by atoms with Crippen LogP contribution in [-0.4, -0.2) is 50.3 Å². The summed E-state index contributed by atoms with van der Waals surface area (Å²) in [6.45, 7) is -0.778. The first-order chi connectivity index (χ1) is 7.62. The monoisotopic (exact) mass is 228 g/mol. The van der Waals surface area contributed by atoms with Crippen molar-refractivity contribution in [1.29, 1.82) is 0 Å². The Balaban J connectivity index is 2.51. The highest BCUT2D eigenvalue weighted by Gasteiger charge is 2.50. The quantitative estimate of drug-likeness (QED) is 0.523. The fourth-order valence-electron chi connectivity index (χ4n) is 1.78. The minimum atomic E-state index is -1.65. The molecule has 2 heterocycles. The van der Waals surface area contributed by atoms with Crippen molar-refractivity contribution in [2.75, 3.05) is 13.2 Å². The fraction of sp³-hybridized carbons (Fsp3) is 0.556. The van der Waals surface area contributed by atoms with E-state index in [1.165, 1.54) is 18.5 Å². The molecule has 0 unspecified atom stereocenters. The molecule has 1 saturated heterocycles. The molecule has 0 amide bonds. The Bertz CT molecular complexity index is 434. The topological polar surface area (TPSA) is 105 Å². The molecule has 88 valence electrons. The molecular weight excluding hydrogens is 216 g/mol. The molecule has 2 rings (SSSR count). The summed E-state index contributed by atoms with van der Waals surface area (Å²) >= 11 is 0. The number of hydrogen-bond donors (Lipinski definition) is 3. The van der Waals surface area contributed by atoms with Crippen LogP contribution in [0.5, 0.6) is 0 Å². The van der Waals surface area contributed by atoms with Crippen molar-refractivity contribution in [2.24, 2.45) is 0 Å². The van der Waals surface area contributed by atoms with Gasteiger partial charge in [0.25, 0.3) is 0 Å². The summed E-state index contributed by atoms with van der Waals surface area (Å²) in [4.78, 5) is 15.0. The normalized spacial score (nSPS) is 34.2. The van der Waals surface area contributed by atoms with Crippen LogP contribution in [0, 0.1) is 0 Å². The highest BCUT2D eigenvalue weighted by atomic mass is 16.6. The van der Waals surface area contributed by atoms with Crippen LogP contribution in [0.1, 0.15) is 0 Å². The first-order valence-electron chi connectivity index (χ1n) is 4.77. The number of aliphatic hydroxyl groups is 3. The van der Waals surface area contributed by atoms with Crippen molar-refractivity contribution < 1.29 is 20.1 Å². The van der Waals surface area contributed by atoms with Crippen molar-refractivity contribution in [1.82, 2.24) is 9.55 Å². The smallest absolute Gasteiger partial charge is 0.350 e. The van der Waals surface area contributed by atoms with Crippen molar-refractivity contribution in [3.63, 3.8) is 0 Å². The molecular formula is C9H12N2O5. The highest BCUT2D eigenvalue weighted by molar-refractivity contribution is 4.98. The molecule has 1 aliphatic rings. The lowest BCUT2D eigenvalue weighted by molar-refractivity contribution is -0.154. The molecule has 1 aliphatic heterocycles. The number of nitrogens with zero attached hydrogens (tertiary/aromatic N) is 2. The van der Waals surface area contributed by atoms with Crippen LogP contribution in [-0.2, 0) is 10.5 Å². The molecule has 0 aromatic carbocycles. The van der Waals surface area contributed by atoms with E-state index in [0.717, 1.165) is 4.57 Å². The van der Waals surface area contributed by atoms with Crippen LogP contribution in [0.3, 0.4) is 0 Å². The number of aromatic nitrogens is 2. The van der Waals surface area contributed by atoms with Crippen LogP contribution < -0.4 is 5.69 Å². The van der Waals surface area contributed by atoms with E-state index in [2.05, 4.69) is 4.98 Å². The van der Waals surface area contributed by atoms with E-state index in [-0.39, 0.29) is 6.61 Å². The zero-order chi connectivity index (χ0) is 11.8. The Kier molecular flexibility index (Phi) is 2.76. The third-order valence-electron chi connectivity index (χ3n) is 2.68. The van der Waals surface area contributed by atoms with Gasteiger partial charge >= 0.3 is 5.69 Å². The second kappa shape index (κ2) is 3.95. The van der Waals surface area contributed by atoms with Crippen LogP contribution >= 0.6 is 0 Å². The molecule has 7 heteroatoms. The zero-order valence-corrected chi connectivity index (χ0v) is 8.35. The van der Waals surface area contributed by atoms with Crippen LogP contribution in [0.15, 0.2) is 23.3 Å². The summed E-state index contributed by atoms with van der Waals surface area (Å²) < 4.78 is 6.13. The third-order valence-corrected chi connectivity index (χ3v) is 2.68. The molecule has 1 aromatic rings. The summed E-state index contributed by atoms with van der Waals surface area (Å²) in [5.41, 5.74) is -2.31. The van der Waals surface area contributed by atoms with Gasteiger partial charge in [0, 0.05) is 12.4 Å². The van der Waals surface area contributed by atoms with E-state index < -0.39 is 30.2 Å². The molecule has 3 atom stereocenters. The van der Waals surface area contributed by atoms with Crippen LogP contribution in [0.2, 0.25) is 0 Å². The van der Waals surface area contributed by atoms with Crippen molar-refractivity contribution in [3.8, 4) is 0 Å². The minimum Gasteiger partial charge on any atom is -0.391 e. The second-order valence-electron chi connectivity index (χ2n) is 3.60. The molecule has 0 saturated carbocycles. The van der Waals surface area contributed by atoms with Gasteiger partial charge in [0.15, 0.2) is 0 Å². The average molecular weight is 228 g/mol. The maximum atomic E-state index is 11.5. The van der Waals surface area contributed by atoms with Crippen LogP contribution in [0.25, 0.3) is 0 Å². The lowest BCUT2D eigenvalue weighted by Gasteiger charge is -2.31. The fourth-order valence-corrected chi connectivity index (χ4v) is 1.78. The van der Waals surface area contributed by atoms with Gasteiger partial charge in [-0.1, -0.05) is 0 Å². The standard InChI is InChI=1S/C9H12N2O5/c12-5-9(7(14)6(13)4-16-9)11-3-1-2-10-8(11)15/h1-3,6-7,12-14H,4-5H2/t6-,7-,9+/m0/s1. The molecule has 0 bridgehead atoms. The van der Waals surface area contributed by atoms with Gasteiger partial charge in [-0.3, -0.25) is 4.57 Å². The summed E-state index contributed by atoms with van der Waals surface area (Å²) in [5, 5.41) is 28.5. The molecule has 0 radical (unpaired) electrons. The first kappa shape index (κ1) is 11.2. The van der Waals surface area contributed by atoms with Gasteiger partial charge in [0.05, 0.1) is 13.2 Å². The zero-order valence-electron chi connectivity index (χ0n) is 8.35. The Labute approximate surface area is 90.6 Å². The predicted molar refractivity (Wildman–Crippen MR) is 51.5 cm³/mol. The molecule has 3 N–H and O–H groups in total. The Hall–Kier alpha value is -1.28. The molecule has 1 fully saturated rings. The Morgan fingerprint density at radius 1 is 1.62 bits per heavy atom. The van der Waals surface area contributed by atoms with Gasteiger partial charge in [-0.2, -0.15) is 0 Å². The molecule has 1 aromatic heterocycles. The van der Waals surface area contributed by atoms with Gasteiger partial charge in [-0.05, 0) is 6.07 Å². The average Bonchev–Trinajstić information content (AvgIpc) is 2.58. The molecule has 16 heavy (non-hydrogen) atoms. The highest BCUT2D eigenvalue weighted by Crippen LogP contribution is 2.29. The van der Waals surface area contributed by atoms with Gasteiger partial charge in [0.2, 0.25) is 5.72 Å². The number of hydrogen-bond acceptors (Lipinski definition) is 6. The van der Waals surface area contributed by atoms with Crippen LogP contribution in [0.4, 0.5) is 0 Å². The third kappa shape index (κ3) is 1.45. The van der Waals surface area contributed by atoms with Crippen molar-refractivity contribution in [2.45, 2.75) is 17.9 Å². The van der Waals surface area contributed by atoms with Gasteiger partial charge in [-0.15, -0.1) is 0 Å². The largest absolute Gasteiger partial charge is 0.391 e. The number of rotatable bonds is 2. The first-order valence-corrected chi connectivity index (χ1v) is 4.77. The summed E-state index contributed by atoms with van der Waals surface area (Å²) in [6, 6.07) is 1.47. The van der Waals surface area contributed by atoms with Gasteiger partial charge in [-0.25, -0.2) is 9.78 Å². The number of aliphatic hydroxyl groups excluding tert-OH is 3. The predicted octanol–water partition coefficient (Wildman–Crippen LogP) is -2.36. The summed E-state index contributed by atoms with van der Waals surface area (Å²) in [7, 11) is 0. The number of ether oxygens (including phenoxy) is 1. The van der Waals surface area contributed by atoms with E-state index in [1.807, 2.05) is 0 Å². The maximum absolute atomic E-state index is 11.5. The van der Waals surface area contributed by atoms with Crippen molar-refractivity contribution in [3.05, 3.63) is 28.9 Å². The van der Waals surface area contributed by atoms with Gasteiger partial charge in [0.1, 0.15) is 12.2 Å². The lowest BCUT2D eigenvalue weighted by atomic mass is 10.1. The van der Waals surface area contributed by atoms with E-state index in [0.29, 0.717) is 0 Å². The van der Waals surface area contributed by atoms with E-state index >= 15 is 0 Å². The second-order valence-corrected chi connectivity index (χ2v) is 3.60. The molecule has 7 nitrogen and oxygen atoms in total.